The van der Waals surface area contributed by atoms with Crippen LogP contribution in [0.2, 0.25) is 0 Å². The molecule has 1 aromatic carbocycles. The predicted octanol–water partition coefficient (Wildman–Crippen LogP) is 4.42. The zero-order chi connectivity index (χ0) is 16.4. The predicted molar refractivity (Wildman–Crippen MR) is 99.4 cm³/mol. The number of rotatable bonds is 1. The van der Waals surface area contributed by atoms with Crippen molar-refractivity contribution in [2.24, 2.45) is 5.41 Å². The Morgan fingerprint density at radius 2 is 1.74 bits per heavy atom. The summed E-state index contributed by atoms with van der Waals surface area (Å²) in [5.74, 6) is 0. The molecule has 0 heterocycles. The van der Waals surface area contributed by atoms with Crippen LogP contribution < -0.4 is 10.4 Å². The summed E-state index contributed by atoms with van der Waals surface area (Å²) < 4.78 is 0. The fourth-order valence-corrected chi connectivity index (χ4v) is 4.34. The third-order valence-electron chi connectivity index (χ3n) is 5.70. The molecule has 0 N–H and O–H groups in total. The third-order valence-corrected chi connectivity index (χ3v) is 5.70. The maximum atomic E-state index is 2.42. The molecule has 0 amide bonds. The molecule has 23 heavy (non-hydrogen) atoms. The van der Waals surface area contributed by atoms with Crippen LogP contribution in [0.3, 0.4) is 0 Å². The number of hydrogen-bond donors (Lipinski definition) is 0. The van der Waals surface area contributed by atoms with E-state index >= 15 is 0 Å². The van der Waals surface area contributed by atoms with Gasteiger partial charge in [-0.3, -0.25) is 0 Å². The lowest BCUT2D eigenvalue weighted by atomic mass is 9.68. The van der Waals surface area contributed by atoms with Gasteiger partial charge in [-0.1, -0.05) is 61.4 Å². The Balaban J connectivity index is 2.13. The first-order valence-electron chi connectivity index (χ1n) is 8.53. The number of benzene rings is 1. The normalized spacial score (nSPS) is 21.0. The van der Waals surface area contributed by atoms with Crippen molar-refractivity contribution in [3.63, 3.8) is 0 Å². The summed E-state index contributed by atoms with van der Waals surface area (Å²) >= 11 is 0. The third kappa shape index (κ3) is 1.97. The van der Waals surface area contributed by atoms with E-state index in [1.807, 2.05) is 0 Å². The topological polar surface area (TPSA) is 0 Å². The molecule has 116 valence electrons. The molecule has 0 unspecified atom stereocenters. The van der Waals surface area contributed by atoms with Gasteiger partial charge in [0.2, 0.25) is 0 Å². The maximum absolute atomic E-state index is 2.42. The van der Waals surface area contributed by atoms with E-state index in [-0.39, 0.29) is 5.41 Å². The quantitative estimate of drug-likeness (QED) is 0.720. The summed E-state index contributed by atoms with van der Waals surface area (Å²) in [6, 6.07) is 4.64. The molecule has 0 spiro atoms. The average molecular weight is 300 g/mol. The number of allylic oxidation sites excluding steroid dienone is 8. The van der Waals surface area contributed by atoms with Gasteiger partial charge in [-0.2, -0.15) is 0 Å². The van der Waals surface area contributed by atoms with Gasteiger partial charge < -0.3 is 0 Å². The van der Waals surface area contributed by atoms with Crippen molar-refractivity contribution in [3.05, 3.63) is 80.3 Å². The van der Waals surface area contributed by atoms with Gasteiger partial charge in [-0.25, -0.2) is 0 Å². The lowest BCUT2D eigenvalue weighted by molar-refractivity contribution is 0.538. The molecule has 0 fully saturated rings. The molecule has 3 aliphatic carbocycles. The SMILES string of the molecule is CC1=CC2=c3c(C)cc(C)cc3=CC2=C(C2=CC=CC2)C1(C)C. The number of fused-ring (bicyclic) bond motifs is 2. The minimum atomic E-state index is 0.0954. The zero-order valence-corrected chi connectivity index (χ0v) is 14.7. The Labute approximate surface area is 138 Å². The molecular weight excluding hydrogens is 276 g/mol. The van der Waals surface area contributed by atoms with Crippen molar-refractivity contribution in [3.8, 4) is 0 Å². The Morgan fingerprint density at radius 3 is 2.43 bits per heavy atom. The van der Waals surface area contributed by atoms with Crippen molar-refractivity contribution >= 4 is 11.6 Å². The number of hydrogen-bond acceptors (Lipinski definition) is 0. The van der Waals surface area contributed by atoms with Gasteiger partial charge in [0.05, 0.1) is 0 Å². The molecule has 4 rings (SSSR count). The van der Waals surface area contributed by atoms with Crippen LogP contribution in [-0.2, 0) is 0 Å². The van der Waals surface area contributed by atoms with Crippen LogP contribution in [0, 0.1) is 19.3 Å². The molecule has 0 saturated carbocycles. The number of aryl methyl sites for hydroxylation is 2. The van der Waals surface area contributed by atoms with E-state index < -0.39 is 0 Å². The highest BCUT2D eigenvalue weighted by Gasteiger charge is 2.35. The summed E-state index contributed by atoms with van der Waals surface area (Å²) in [5, 5.41) is 2.82. The first kappa shape index (κ1) is 14.5. The monoisotopic (exact) mass is 300 g/mol. The van der Waals surface area contributed by atoms with E-state index in [1.54, 1.807) is 0 Å². The van der Waals surface area contributed by atoms with Gasteiger partial charge >= 0.3 is 0 Å². The van der Waals surface area contributed by atoms with E-state index in [2.05, 4.69) is 77.1 Å². The van der Waals surface area contributed by atoms with Crippen LogP contribution in [0.15, 0.2) is 58.7 Å². The van der Waals surface area contributed by atoms with Gasteiger partial charge in [0.25, 0.3) is 0 Å². The molecule has 0 aromatic heterocycles. The standard InChI is InChI=1S/C23H24/c1-14-10-15(2)21-18(11-14)13-20-19(21)12-16(3)23(4,5)22(20)17-8-6-7-9-17/h6-8,10-13H,9H2,1-5H3. The summed E-state index contributed by atoms with van der Waals surface area (Å²) in [5.41, 5.74) is 10.2. The van der Waals surface area contributed by atoms with Crippen LogP contribution in [0.5, 0.6) is 0 Å². The Bertz CT molecular complexity index is 970. The van der Waals surface area contributed by atoms with Crippen molar-refractivity contribution in [1.29, 1.82) is 0 Å². The Kier molecular flexibility index (Phi) is 2.97. The summed E-state index contributed by atoms with van der Waals surface area (Å²) in [6.45, 7) is 11.5. The van der Waals surface area contributed by atoms with E-state index in [0.29, 0.717) is 0 Å². The van der Waals surface area contributed by atoms with E-state index in [0.717, 1.165) is 6.42 Å². The van der Waals surface area contributed by atoms with E-state index in [9.17, 15) is 0 Å². The molecule has 1 aromatic rings. The van der Waals surface area contributed by atoms with Crippen molar-refractivity contribution in [2.45, 2.75) is 41.0 Å². The maximum Gasteiger partial charge on any atom is 0.0115 e. The zero-order valence-electron chi connectivity index (χ0n) is 14.7. The van der Waals surface area contributed by atoms with Gasteiger partial charge in [0.1, 0.15) is 0 Å². The fraction of sp³-hybridized carbons (Fsp3) is 0.304. The van der Waals surface area contributed by atoms with Gasteiger partial charge in [-0.05, 0) is 71.6 Å². The van der Waals surface area contributed by atoms with Crippen molar-refractivity contribution < 1.29 is 0 Å². The first-order chi connectivity index (χ1) is 10.9. The first-order valence-corrected chi connectivity index (χ1v) is 8.53. The summed E-state index contributed by atoms with van der Waals surface area (Å²) in [7, 11) is 0. The smallest absolute Gasteiger partial charge is 0.0115 e. The summed E-state index contributed by atoms with van der Waals surface area (Å²) in [4.78, 5) is 0. The highest BCUT2D eigenvalue weighted by atomic mass is 14.4. The molecule has 3 aliphatic rings. The lowest BCUT2D eigenvalue weighted by Crippen LogP contribution is -2.27. The second-order valence-corrected chi connectivity index (χ2v) is 7.67. The molecule has 0 heteroatoms. The second-order valence-electron chi connectivity index (χ2n) is 7.67. The Hall–Kier alpha value is -2.08. The average Bonchev–Trinajstić information content (AvgIpc) is 3.07. The molecule has 0 saturated heterocycles. The van der Waals surface area contributed by atoms with Gasteiger partial charge in [-0.15, -0.1) is 0 Å². The van der Waals surface area contributed by atoms with Crippen LogP contribution >= 0.6 is 0 Å². The van der Waals surface area contributed by atoms with E-state index in [1.165, 1.54) is 49.4 Å². The lowest BCUT2D eigenvalue weighted by Gasteiger charge is -2.36. The van der Waals surface area contributed by atoms with Crippen LogP contribution in [-0.4, -0.2) is 0 Å². The van der Waals surface area contributed by atoms with Crippen LogP contribution in [0.1, 0.15) is 38.3 Å². The molecular formula is C23H24. The fourth-order valence-electron chi connectivity index (χ4n) is 4.34. The largest absolute Gasteiger partial charge is 0.0801 e. The van der Waals surface area contributed by atoms with Crippen molar-refractivity contribution in [1.82, 2.24) is 0 Å². The van der Waals surface area contributed by atoms with Crippen LogP contribution in [0.4, 0.5) is 0 Å². The molecule has 0 nitrogen and oxygen atoms in total. The Morgan fingerprint density at radius 1 is 0.957 bits per heavy atom. The van der Waals surface area contributed by atoms with Gasteiger partial charge in [0, 0.05) is 5.41 Å². The highest BCUT2D eigenvalue weighted by Crippen LogP contribution is 2.48. The molecule has 0 atom stereocenters. The molecule has 0 aliphatic heterocycles. The van der Waals surface area contributed by atoms with E-state index in [4.69, 9.17) is 0 Å². The van der Waals surface area contributed by atoms with Crippen molar-refractivity contribution in [2.75, 3.05) is 0 Å². The van der Waals surface area contributed by atoms with Crippen LogP contribution in [0.25, 0.3) is 11.6 Å². The second kappa shape index (κ2) is 4.71. The summed E-state index contributed by atoms with van der Waals surface area (Å²) in [6.07, 6.45) is 12.7. The minimum Gasteiger partial charge on any atom is -0.0801 e. The minimum absolute atomic E-state index is 0.0954. The molecule has 0 radical (unpaired) electrons. The molecule has 0 bridgehead atoms. The van der Waals surface area contributed by atoms with Gasteiger partial charge in [0.15, 0.2) is 0 Å². The highest BCUT2D eigenvalue weighted by molar-refractivity contribution is 5.92.